The number of guanidine groups is 1. The Hall–Kier alpha value is -1.34. The molecule has 1 saturated heterocycles. The van der Waals surface area contributed by atoms with Crippen molar-refractivity contribution in [1.82, 2.24) is 15.1 Å². The summed E-state index contributed by atoms with van der Waals surface area (Å²) in [6.45, 7) is 5.26. The van der Waals surface area contributed by atoms with E-state index in [9.17, 15) is 4.79 Å². The first-order valence-corrected chi connectivity index (χ1v) is 7.98. The fourth-order valence-corrected chi connectivity index (χ4v) is 2.76. The van der Waals surface area contributed by atoms with Crippen LogP contribution in [0, 0.1) is 5.92 Å². The lowest BCUT2D eigenvalue weighted by Gasteiger charge is -2.34. The smallest absolute Gasteiger partial charge is 0.217 e. The average molecular weight is 313 g/mol. The lowest BCUT2D eigenvalue weighted by atomic mass is 9.95. The number of nitrogens with two attached hydrogens (primary N) is 1. The molecular weight excluding hydrogens is 282 g/mol. The Morgan fingerprint density at radius 1 is 1.50 bits per heavy atom. The summed E-state index contributed by atoms with van der Waals surface area (Å²) in [5.74, 6) is 1.04. The molecule has 1 fully saturated rings. The Morgan fingerprint density at radius 2 is 2.27 bits per heavy atom. The van der Waals surface area contributed by atoms with Crippen molar-refractivity contribution in [1.29, 1.82) is 0 Å². The molecule has 0 radical (unpaired) electrons. The van der Waals surface area contributed by atoms with Crippen LogP contribution < -0.4 is 11.1 Å². The summed E-state index contributed by atoms with van der Waals surface area (Å²) in [6.07, 6.45) is 2.61. The molecule has 1 heterocycles. The zero-order chi connectivity index (χ0) is 16.4. The van der Waals surface area contributed by atoms with E-state index in [0.717, 1.165) is 58.1 Å². The summed E-state index contributed by atoms with van der Waals surface area (Å²) in [4.78, 5) is 19.9. The number of rotatable bonds is 8. The summed E-state index contributed by atoms with van der Waals surface area (Å²) < 4.78 is 5.07. The van der Waals surface area contributed by atoms with Gasteiger partial charge >= 0.3 is 0 Å². The lowest BCUT2D eigenvalue weighted by Crippen LogP contribution is -2.48. The van der Waals surface area contributed by atoms with Crippen LogP contribution in [-0.4, -0.2) is 82.2 Å². The first-order chi connectivity index (χ1) is 10.6. The predicted molar refractivity (Wildman–Crippen MR) is 88.8 cm³/mol. The highest BCUT2D eigenvalue weighted by atomic mass is 16.5. The Bertz CT molecular complexity index is 362. The number of aliphatic imine (C=N–C) groups is 1. The third-order valence-corrected chi connectivity index (χ3v) is 3.97. The second-order valence-corrected chi connectivity index (χ2v) is 5.89. The Balaban J connectivity index is 2.35. The summed E-state index contributed by atoms with van der Waals surface area (Å²) in [5, 5.41) is 3.40. The van der Waals surface area contributed by atoms with Crippen molar-refractivity contribution in [3.8, 4) is 0 Å². The maximum atomic E-state index is 11.1. The summed E-state index contributed by atoms with van der Waals surface area (Å²) in [5.41, 5.74) is 5.31. The Kier molecular flexibility index (Phi) is 8.84. The van der Waals surface area contributed by atoms with Gasteiger partial charge in [-0.1, -0.05) is 0 Å². The molecule has 0 saturated carbocycles. The molecule has 0 aromatic carbocycles. The number of hydrogen-bond donors (Lipinski definition) is 2. The van der Waals surface area contributed by atoms with Gasteiger partial charge in [-0.15, -0.1) is 0 Å². The maximum absolute atomic E-state index is 11.1. The van der Waals surface area contributed by atoms with E-state index in [0.29, 0.717) is 12.3 Å². The molecule has 1 aliphatic rings. The monoisotopic (exact) mass is 313 g/mol. The third kappa shape index (κ3) is 7.09. The molecule has 1 amide bonds. The highest BCUT2D eigenvalue weighted by Gasteiger charge is 2.23. The van der Waals surface area contributed by atoms with Crippen molar-refractivity contribution in [2.24, 2.45) is 16.6 Å². The first-order valence-electron chi connectivity index (χ1n) is 7.98. The minimum atomic E-state index is -0.213. The van der Waals surface area contributed by atoms with Crippen molar-refractivity contribution in [3.05, 3.63) is 0 Å². The van der Waals surface area contributed by atoms with E-state index >= 15 is 0 Å². The molecule has 7 nitrogen and oxygen atoms in total. The minimum Gasteiger partial charge on any atom is -0.383 e. The van der Waals surface area contributed by atoms with Crippen LogP contribution in [0.25, 0.3) is 0 Å². The van der Waals surface area contributed by atoms with Crippen LogP contribution in [0.3, 0.4) is 0 Å². The van der Waals surface area contributed by atoms with Gasteiger partial charge in [-0.25, -0.2) is 0 Å². The van der Waals surface area contributed by atoms with Crippen molar-refractivity contribution < 1.29 is 9.53 Å². The summed E-state index contributed by atoms with van der Waals surface area (Å²) in [7, 11) is 5.59. The highest BCUT2D eigenvalue weighted by Crippen LogP contribution is 2.19. The van der Waals surface area contributed by atoms with E-state index in [1.807, 2.05) is 0 Å². The summed E-state index contributed by atoms with van der Waals surface area (Å²) >= 11 is 0. The second kappa shape index (κ2) is 10.4. The molecular formula is C15H31N5O2. The number of ether oxygens (including phenoxy) is 1. The van der Waals surface area contributed by atoms with E-state index in [1.165, 1.54) is 0 Å². The van der Waals surface area contributed by atoms with Crippen LogP contribution >= 0.6 is 0 Å². The molecule has 0 spiro atoms. The zero-order valence-electron chi connectivity index (χ0n) is 14.2. The van der Waals surface area contributed by atoms with Gasteiger partial charge in [0.2, 0.25) is 5.91 Å². The molecule has 0 aromatic rings. The van der Waals surface area contributed by atoms with Gasteiger partial charge in [0, 0.05) is 53.3 Å². The quantitative estimate of drug-likeness (QED) is 0.476. The molecule has 0 bridgehead atoms. The molecule has 0 aromatic heterocycles. The highest BCUT2D eigenvalue weighted by molar-refractivity contribution is 5.80. The SMILES string of the molecule is CN=C(NCCN(C)CCOC)N1CCCC(CC(N)=O)C1. The standard InChI is InChI=1S/C15H31N5O2/c1-17-15(18-6-8-19(2)9-10-22-3)20-7-4-5-13(12-20)11-14(16)21/h13H,4-12H2,1-3H3,(H2,16,21)(H,17,18). The first kappa shape index (κ1) is 18.7. The number of hydrogen-bond acceptors (Lipinski definition) is 4. The van der Waals surface area contributed by atoms with Gasteiger partial charge in [0.05, 0.1) is 6.61 Å². The van der Waals surface area contributed by atoms with Gasteiger partial charge in [0.1, 0.15) is 0 Å². The largest absolute Gasteiger partial charge is 0.383 e. The topological polar surface area (TPSA) is 83.2 Å². The minimum absolute atomic E-state index is 0.213. The molecule has 3 N–H and O–H groups in total. The van der Waals surface area contributed by atoms with Gasteiger partial charge in [-0.3, -0.25) is 9.79 Å². The fourth-order valence-electron chi connectivity index (χ4n) is 2.76. The van der Waals surface area contributed by atoms with Crippen LogP contribution in [0.1, 0.15) is 19.3 Å². The molecule has 1 atom stereocenters. The number of likely N-dealkylation sites (N-methyl/N-ethyl adjacent to an activating group) is 1. The third-order valence-electron chi connectivity index (χ3n) is 3.97. The predicted octanol–water partition coefficient (Wildman–Crippen LogP) is -0.273. The van der Waals surface area contributed by atoms with Crippen molar-refractivity contribution in [2.45, 2.75) is 19.3 Å². The number of likely N-dealkylation sites (tertiary alicyclic amines) is 1. The van der Waals surface area contributed by atoms with Crippen LogP contribution in [0.2, 0.25) is 0 Å². The Labute approximate surface area is 133 Å². The molecule has 1 aliphatic heterocycles. The number of carbonyl (C=O) groups excluding carboxylic acids is 1. The van der Waals surface area contributed by atoms with E-state index in [-0.39, 0.29) is 5.91 Å². The number of amides is 1. The van der Waals surface area contributed by atoms with Crippen LogP contribution in [0.15, 0.2) is 4.99 Å². The van der Waals surface area contributed by atoms with Gasteiger partial charge in [0.25, 0.3) is 0 Å². The van der Waals surface area contributed by atoms with Gasteiger partial charge < -0.3 is 25.6 Å². The molecule has 1 rings (SSSR count). The molecule has 7 heteroatoms. The van der Waals surface area contributed by atoms with Crippen molar-refractivity contribution in [2.75, 3.05) is 60.5 Å². The van der Waals surface area contributed by atoms with E-state index < -0.39 is 0 Å². The van der Waals surface area contributed by atoms with Crippen LogP contribution in [0.4, 0.5) is 0 Å². The van der Waals surface area contributed by atoms with Gasteiger partial charge in [-0.05, 0) is 25.8 Å². The van der Waals surface area contributed by atoms with Crippen LogP contribution in [0.5, 0.6) is 0 Å². The number of nitrogens with one attached hydrogen (secondary N) is 1. The normalized spacial score (nSPS) is 19.5. The average Bonchev–Trinajstić information content (AvgIpc) is 2.49. The van der Waals surface area contributed by atoms with E-state index in [1.54, 1.807) is 14.2 Å². The number of primary amides is 1. The van der Waals surface area contributed by atoms with Crippen molar-refractivity contribution in [3.63, 3.8) is 0 Å². The van der Waals surface area contributed by atoms with Crippen molar-refractivity contribution >= 4 is 11.9 Å². The van der Waals surface area contributed by atoms with Gasteiger partial charge in [0.15, 0.2) is 5.96 Å². The molecule has 22 heavy (non-hydrogen) atoms. The fraction of sp³-hybridized carbons (Fsp3) is 0.867. The summed E-state index contributed by atoms with van der Waals surface area (Å²) in [6, 6.07) is 0. The number of methoxy groups -OCH3 is 1. The molecule has 1 unspecified atom stereocenters. The number of carbonyl (C=O) groups is 1. The number of nitrogens with zero attached hydrogens (tertiary/aromatic N) is 3. The molecule has 128 valence electrons. The van der Waals surface area contributed by atoms with Gasteiger partial charge in [-0.2, -0.15) is 0 Å². The molecule has 0 aliphatic carbocycles. The number of piperidine rings is 1. The van der Waals surface area contributed by atoms with Crippen LogP contribution in [-0.2, 0) is 9.53 Å². The Morgan fingerprint density at radius 3 is 2.91 bits per heavy atom. The zero-order valence-corrected chi connectivity index (χ0v) is 14.2. The lowest BCUT2D eigenvalue weighted by molar-refractivity contribution is -0.119. The maximum Gasteiger partial charge on any atom is 0.217 e. The van der Waals surface area contributed by atoms with E-state index in [4.69, 9.17) is 10.5 Å². The van der Waals surface area contributed by atoms with E-state index in [2.05, 4.69) is 27.2 Å². The second-order valence-electron chi connectivity index (χ2n) is 5.89.